The maximum atomic E-state index is 13.4. The van der Waals surface area contributed by atoms with E-state index in [-0.39, 0.29) is 5.95 Å². The number of alkyl halides is 6. The van der Waals surface area contributed by atoms with Gasteiger partial charge in [-0.2, -0.15) is 36.1 Å². The first-order chi connectivity index (χ1) is 12.5. The van der Waals surface area contributed by atoms with E-state index in [1.807, 2.05) is 0 Å². The average Bonchev–Trinajstić information content (AvgIpc) is 2.92. The van der Waals surface area contributed by atoms with Crippen LogP contribution in [0.3, 0.4) is 0 Å². The van der Waals surface area contributed by atoms with Crippen LogP contribution in [0, 0.1) is 5.92 Å². The summed E-state index contributed by atoms with van der Waals surface area (Å²) in [5, 5.41) is 3.35. The highest BCUT2D eigenvalue weighted by atomic mass is 19.4. The SMILES string of the molecule is Nc1c(C2=CC(=O)CC(C(F)(F)F)C2)c(C(F)(F)F)nn1-c1ncccn1. The fourth-order valence-corrected chi connectivity index (χ4v) is 2.80. The van der Waals surface area contributed by atoms with Crippen molar-refractivity contribution < 1.29 is 31.1 Å². The summed E-state index contributed by atoms with van der Waals surface area (Å²) in [7, 11) is 0. The van der Waals surface area contributed by atoms with Crippen LogP contribution in [0.2, 0.25) is 0 Å². The number of carbonyl (C=O) groups is 1. The molecule has 0 saturated carbocycles. The lowest BCUT2D eigenvalue weighted by atomic mass is 9.84. The van der Waals surface area contributed by atoms with Crippen molar-refractivity contribution in [3.8, 4) is 5.95 Å². The Morgan fingerprint density at radius 2 is 1.70 bits per heavy atom. The molecule has 0 amide bonds. The van der Waals surface area contributed by atoms with Crippen molar-refractivity contribution in [2.45, 2.75) is 25.2 Å². The molecule has 3 rings (SSSR count). The number of nitrogen functional groups attached to an aromatic ring is 1. The first-order valence-electron chi connectivity index (χ1n) is 7.52. The molecule has 0 bridgehead atoms. The Bertz CT molecular complexity index is 900. The zero-order valence-corrected chi connectivity index (χ0v) is 13.3. The van der Waals surface area contributed by atoms with Crippen molar-refractivity contribution in [3.05, 3.63) is 35.8 Å². The lowest BCUT2D eigenvalue weighted by Gasteiger charge is -2.24. The lowest BCUT2D eigenvalue weighted by molar-refractivity contribution is -0.177. The number of hydrogen-bond donors (Lipinski definition) is 1. The van der Waals surface area contributed by atoms with Gasteiger partial charge in [0.2, 0.25) is 0 Å². The first-order valence-corrected chi connectivity index (χ1v) is 7.52. The molecule has 1 aliphatic carbocycles. The zero-order valence-electron chi connectivity index (χ0n) is 13.3. The van der Waals surface area contributed by atoms with Gasteiger partial charge in [0.05, 0.1) is 11.5 Å². The van der Waals surface area contributed by atoms with E-state index >= 15 is 0 Å². The molecule has 0 aromatic carbocycles. The number of hydrogen-bond acceptors (Lipinski definition) is 5. The summed E-state index contributed by atoms with van der Waals surface area (Å²) in [6, 6.07) is 1.41. The summed E-state index contributed by atoms with van der Waals surface area (Å²) >= 11 is 0. The molecule has 0 spiro atoms. The van der Waals surface area contributed by atoms with Gasteiger partial charge in [-0.1, -0.05) is 0 Å². The second kappa shape index (κ2) is 6.35. The van der Waals surface area contributed by atoms with Gasteiger partial charge in [-0.25, -0.2) is 9.97 Å². The second-order valence-corrected chi connectivity index (χ2v) is 5.85. The Hall–Kier alpha value is -2.92. The molecule has 12 heteroatoms. The van der Waals surface area contributed by atoms with E-state index in [9.17, 15) is 31.1 Å². The first kappa shape index (κ1) is 18.9. The Morgan fingerprint density at radius 3 is 2.26 bits per heavy atom. The molecule has 27 heavy (non-hydrogen) atoms. The van der Waals surface area contributed by atoms with Crippen LogP contribution in [0.1, 0.15) is 24.1 Å². The van der Waals surface area contributed by atoms with Crippen LogP contribution in [0.4, 0.5) is 32.2 Å². The molecule has 0 fully saturated rings. The summed E-state index contributed by atoms with van der Waals surface area (Å²) in [5.41, 5.74) is 3.01. The molecule has 1 aliphatic rings. The topological polar surface area (TPSA) is 86.7 Å². The van der Waals surface area contributed by atoms with Gasteiger partial charge in [-0.15, -0.1) is 0 Å². The molecule has 0 radical (unpaired) electrons. The molecule has 1 unspecified atom stereocenters. The number of nitrogens with zero attached hydrogens (tertiary/aromatic N) is 4. The van der Waals surface area contributed by atoms with Gasteiger partial charge >= 0.3 is 12.4 Å². The van der Waals surface area contributed by atoms with Gasteiger partial charge in [0.25, 0.3) is 5.95 Å². The van der Waals surface area contributed by atoms with E-state index in [0.717, 1.165) is 6.08 Å². The fraction of sp³-hybridized carbons (Fsp3) is 0.333. The van der Waals surface area contributed by atoms with Gasteiger partial charge in [-0.05, 0) is 24.1 Å². The number of ketones is 1. The van der Waals surface area contributed by atoms with Gasteiger partial charge in [-0.3, -0.25) is 4.79 Å². The summed E-state index contributed by atoms with van der Waals surface area (Å²) in [6.45, 7) is 0. The van der Waals surface area contributed by atoms with Crippen LogP contribution in [-0.2, 0) is 11.0 Å². The van der Waals surface area contributed by atoms with Crippen molar-refractivity contribution in [1.82, 2.24) is 19.7 Å². The number of carbonyl (C=O) groups excluding carboxylic acids is 1. The van der Waals surface area contributed by atoms with Crippen molar-refractivity contribution in [2.24, 2.45) is 5.92 Å². The normalized spacial score (nSPS) is 18.5. The summed E-state index contributed by atoms with van der Waals surface area (Å²) in [4.78, 5) is 19.2. The highest BCUT2D eigenvalue weighted by Crippen LogP contribution is 2.44. The summed E-state index contributed by atoms with van der Waals surface area (Å²) < 4.78 is 80.0. The van der Waals surface area contributed by atoms with Crippen LogP contribution in [0.25, 0.3) is 11.5 Å². The second-order valence-electron chi connectivity index (χ2n) is 5.85. The Kier molecular flexibility index (Phi) is 4.44. The quantitative estimate of drug-likeness (QED) is 0.795. The van der Waals surface area contributed by atoms with E-state index in [2.05, 4.69) is 15.1 Å². The maximum absolute atomic E-state index is 13.4. The van der Waals surface area contributed by atoms with Crippen LogP contribution in [0.15, 0.2) is 24.5 Å². The van der Waals surface area contributed by atoms with Crippen molar-refractivity contribution >= 4 is 17.2 Å². The third-order valence-electron chi connectivity index (χ3n) is 3.96. The predicted molar refractivity (Wildman–Crippen MR) is 80.3 cm³/mol. The molecule has 2 aromatic heterocycles. The molecular weight excluding hydrogens is 380 g/mol. The van der Waals surface area contributed by atoms with E-state index in [1.165, 1.54) is 18.5 Å². The maximum Gasteiger partial charge on any atom is 0.435 e. The number of rotatable bonds is 2. The van der Waals surface area contributed by atoms with Crippen molar-refractivity contribution in [2.75, 3.05) is 5.73 Å². The van der Waals surface area contributed by atoms with Crippen LogP contribution < -0.4 is 5.73 Å². The number of anilines is 1. The average molecular weight is 391 g/mol. The minimum atomic E-state index is -5.02. The molecule has 0 saturated heterocycles. The summed E-state index contributed by atoms with van der Waals surface area (Å²) in [6.07, 6.45) is -8.17. The van der Waals surface area contributed by atoms with Gasteiger partial charge in [0.15, 0.2) is 11.5 Å². The van der Waals surface area contributed by atoms with E-state index in [1.54, 1.807) is 0 Å². The molecule has 0 aliphatic heterocycles. The highest BCUT2D eigenvalue weighted by molar-refractivity contribution is 6.00. The number of halogens is 6. The molecule has 6 nitrogen and oxygen atoms in total. The highest BCUT2D eigenvalue weighted by Gasteiger charge is 2.46. The van der Waals surface area contributed by atoms with Crippen LogP contribution >= 0.6 is 0 Å². The minimum absolute atomic E-state index is 0.290. The van der Waals surface area contributed by atoms with E-state index < -0.39 is 59.5 Å². The monoisotopic (exact) mass is 391 g/mol. The van der Waals surface area contributed by atoms with Crippen LogP contribution in [0.5, 0.6) is 0 Å². The van der Waals surface area contributed by atoms with E-state index in [4.69, 9.17) is 5.73 Å². The van der Waals surface area contributed by atoms with Gasteiger partial charge in [0, 0.05) is 18.8 Å². The Labute approximate surface area is 147 Å². The molecule has 2 aromatic rings. The molecular formula is C15H11F6N5O. The molecule has 144 valence electrons. The molecule has 2 N–H and O–H groups in total. The zero-order chi connectivity index (χ0) is 20.0. The van der Waals surface area contributed by atoms with Crippen LogP contribution in [-0.4, -0.2) is 31.7 Å². The Balaban J connectivity index is 2.17. The van der Waals surface area contributed by atoms with Gasteiger partial charge in [0.1, 0.15) is 5.82 Å². The van der Waals surface area contributed by atoms with Crippen molar-refractivity contribution in [3.63, 3.8) is 0 Å². The lowest BCUT2D eigenvalue weighted by Crippen LogP contribution is -2.28. The van der Waals surface area contributed by atoms with E-state index in [0.29, 0.717) is 4.68 Å². The minimum Gasteiger partial charge on any atom is -0.383 e. The number of aromatic nitrogens is 4. The number of allylic oxidation sites excluding steroid dienone is 2. The van der Waals surface area contributed by atoms with Crippen molar-refractivity contribution in [1.29, 1.82) is 0 Å². The number of nitrogens with two attached hydrogens (primary N) is 1. The summed E-state index contributed by atoms with van der Waals surface area (Å²) in [5.74, 6) is -3.92. The standard InChI is InChI=1S/C15H11F6N5O/c16-14(17,18)8-4-7(5-9(27)6-8)10-11(15(19,20)21)25-26(12(10)22)13-23-2-1-3-24-13/h1-3,5,8H,4,6,22H2. The third-order valence-corrected chi connectivity index (χ3v) is 3.96. The fourth-order valence-electron chi connectivity index (χ4n) is 2.80. The molecule has 2 heterocycles. The Morgan fingerprint density at radius 1 is 1.07 bits per heavy atom. The smallest absolute Gasteiger partial charge is 0.383 e. The largest absolute Gasteiger partial charge is 0.435 e. The predicted octanol–water partition coefficient (Wildman–Crippen LogP) is 3.19. The van der Waals surface area contributed by atoms with Gasteiger partial charge < -0.3 is 5.73 Å². The third kappa shape index (κ3) is 3.64. The molecule has 1 atom stereocenters.